The molecule has 0 unspecified atom stereocenters. The van der Waals surface area contributed by atoms with Crippen LogP contribution in [0, 0.1) is 13.8 Å². The van der Waals surface area contributed by atoms with Crippen molar-refractivity contribution in [1.29, 1.82) is 0 Å². The molecular formula is C30H36N4O2. The van der Waals surface area contributed by atoms with Crippen molar-refractivity contribution in [1.82, 2.24) is 4.90 Å². The molecule has 3 aromatic rings. The molecule has 0 bridgehead atoms. The van der Waals surface area contributed by atoms with E-state index in [9.17, 15) is 9.59 Å². The predicted octanol–water partition coefficient (Wildman–Crippen LogP) is 6.21. The lowest BCUT2D eigenvalue weighted by Crippen LogP contribution is -2.48. The van der Waals surface area contributed by atoms with E-state index in [4.69, 9.17) is 0 Å². The van der Waals surface area contributed by atoms with Gasteiger partial charge in [0.25, 0.3) is 5.91 Å². The zero-order chi connectivity index (χ0) is 25.9. The molecule has 0 saturated carbocycles. The monoisotopic (exact) mass is 484 g/mol. The number of hydrogen-bond donors (Lipinski definition) is 2. The molecule has 0 spiro atoms. The van der Waals surface area contributed by atoms with Gasteiger partial charge in [0.2, 0.25) is 0 Å². The number of hydrogen-bond acceptors (Lipinski definition) is 3. The van der Waals surface area contributed by atoms with Crippen LogP contribution in [0.4, 0.5) is 21.9 Å². The minimum atomic E-state index is -0.265. The Morgan fingerprint density at radius 3 is 2.03 bits per heavy atom. The number of amides is 3. The predicted molar refractivity (Wildman–Crippen MR) is 148 cm³/mol. The third-order valence-electron chi connectivity index (χ3n) is 6.91. The lowest BCUT2D eigenvalue weighted by atomic mass is 9.86. The highest BCUT2D eigenvalue weighted by molar-refractivity contribution is 6.00. The van der Waals surface area contributed by atoms with Gasteiger partial charge in [-0.2, -0.15) is 0 Å². The second-order valence-corrected chi connectivity index (χ2v) is 10.5. The average molecular weight is 485 g/mol. The normalized spacial score (nSPS) is 13.9. The van der Waals surface area contributed by atoms with Gasteiger partial charge in [-0.15, -0.1) is 0 Å². The molecule has 3 aromatic carbocycles. The highest BCUT2D eigenvalue weighted by Gasteiger charge is 2.23. The molecule has 0 atom stereocenters. The average Bonchev–Trinajstić information content (AvgIpc) is 2.86. The molecule has 4 rings (SSSR count). The van der Waals surface area contributed by atoms with Crippen LogP contribution in [0.3, 0.4) is 0 Å². The zero-order valence-electron chi connectivity index (χ0n) is 21.9. The number of nitrogens with one attached hydrogen (secondary N) is 2. The van der Waals surface area contributed by atoms with Gasteiger partial charge in [-0.1, -0.05) is 45.0 Å². The van der Waals surface area contributed by atoms with Crippen LogP contribution in [-0.2, 0) is 5.41 Å². The number of carbonyl (C=O) groups excluding carboxylic acids is 2. The molecule has 6 nitrogen and oxygen atoms in total. The standard InChI is InChI=1S/C30H36N4O2/c1-21-7-6-8-27(22(21)2)32-29(36)31-25-13-15-26(16-14-25)33-17-19-34(20-18-33)28(35)23-9-11-24(12-10-23)30(3,4)5/h6-16H,17-20H2,1-5H3,(H2,31,32,36). The SMILES string of the molecule is Cc1cccc(NC(=O)Nc2ccc(N3CCN(C(=O)c4ccc(C(C)(C)C)cc4)CC3)cc2)c1C. The fourth-order valence-corrected chi connectivity index (χ4v) is 4.39. The number of anilines is 3. The molecule has 0 aromatic heterocycles. The Hall–Kier alpha value is -3.80. The fraction of sp³-hybridized carbons (Fsp3) is 0.333. The Labute approximate surface area is 214 Å². The minimum Gasteiger partial charge on any atom is -0.368 e. The summed E-state index contributed by atoms with van der Waals surface area (Å²) in [7, 11) is 0. The van der Waals surface area contributed by atoms with Crippen LogP contribution in [0.5, 0.6) is 0 Å². The fourth-order valence-electron chi connectivity index (χ4n) is 4.39. The van der Waals surface area contributed by atoms with Crippen molar-refractivity contribution in [2.45, 2.75) is 40.0 Å². The molecule has 36 heavy (non-hydrogen) atoms. The summed E-state index contributed by atoms with van der Waals surface area (Å²) in [4.78, 5) is 29.6. The molecule has 1 aliphatic rings. The number of rotatable bonds is 4. The van der Waals surface area contributed by atoms with Crippen molar-refractivity contribution in [3.8, 4) is 0 Å². The van der Waals surface area contributed by atoms with Crippen LogP contribution < -0.4 is 15.5 Å². The number of aryl methyl sites for hydroxylation is 1. The smallest absolute Gasteiger partial charge is 0.323 e. The van der Waals surface area contributed by atoms with Gasteiger partial charge >= 0.3 is 6.03 Å². The maximum absolute atomic E-state index is 13.0. The summed E-state index contributed by atoms with van der Waals surface area (Å²) in [6.07, 6.45) is 0. The van der Waals surface area contributed by atoms with Crippen molar-refractivity contribution in [2.75, 3.05) is 41.7 Å². The van der Waals surface area contributed by atoms with Gasteiger partial charge < -0.3 is 20.4 Å². The third-order valence-corrected chi connectivity index (χ3v) is 6.91. The Kier molecular flexibility index (Phi) is 7.34. The first-order valence-corrected chi connectivity index (χ1v) is 12.5. The lowest BCUT2D eigenvalue weighted by Gasteiger charge is -2.36. The molecule has 6 heteroatoms. The number of urea groups is 1. The van der Waals surface area contributed by atoms with E-state index >= 15 is 0 Å². The molecule has 1 fully saturated rings. The van der Waals surface area contributed by atoms with E-state index in [1.165, 1.54) is 5.56 Å². The second kappa shape index (κ2) is 10.4. The Morgan fingerprint density at radius 1 is 0.778 bits per heavy atom. The van der Waals surface area contributed by atoms with Crippen LogP contribution in [-0.4, -0.2) is 43.0 Å². The largest absolute Gasteiger partial charge is 0.368 e. The van der Waals surface area contributed by atoms with E-state index < -0.39 is 0 Å². The van der Waals surface area contributed by atoms with Crippen molar-refractivity contribution in [3.63, 3.8) is 0 Å². The summed E-state index contributed by atoms with van der Waals surface area (Å²) in [5, 5.41) is 5.82. The van der Waals surface area contributed by atoms with E-state index in [1.807, 2.05) is 73.3 Å². The van der Waals surface area contributed by atoms with E-state index in [-0.39, 0.29) is 17.4 Å². The van der Waals surface area contributed by atoms with Crippen molar-refractivity contribution in [2.24, 2.45) is 0 Å². The van der Waals surface area contributed by atoms with Crippen molar-refractivity contribution < 1.29 is 9.59 Å². The molecule has 0 radical (unpaired) electrons. The molecule has 188 valence electrons. The summed E-state index contributed by atoms with van der Waals surface area (Å²) in [5.41, 5.74) is 6.85. The third kappa shape index (κ3) is 5.88. The maximum atomic E-state index is 13.0. The number of carbonyl (C=O) groups is 2. The van der Waals surface area contributed by atoms with Crippen LogP contribution in [0.1, 0.15) is 47.8 Å². The number of nitrogens with zero attached hydrogens (tertiary/aromatic N) is 2. The van der Waals surface area contributed by atoms with Crippen molar-refractivity contribution in [3.05, 3.63) is 89.0 Å². The van der Waals surface area contributed by atoms with Crippen LogP contribution >= 0.6 is 0 Å². The first-order valence-electron chi connectivity index (χ1n) is 12.5. The summed E-state index contributed by atoms with van der Waals surface area (Å²) in [6.45, 7) is 13.4. The van der Waals surface area contributed by atoms with Gasteiger partial charge in [0, 0.05) is 48.8 Å². The molecule has 2 N–H and O–H groups in total. The van der Waals surface area contributed by atoms with E-state index in [0.29, 0.717) is 13.1 Å². The Morgan fingerprint density at radius 2 is 1.42 bits per heavy atom. The Bertz CT molecular complexity index is 1220. The van der Waals surface area contributed by atoms with Crippen molar-refractivity contribution >= 4 is 29.0 Å². The van der Waals surface area contributed by atoms with E-state index in [2.05, 4.69) is 48.4 Å². The van der Waals surface area contributed by atoms with E-state index in [1.54, 1.807) is 0 Å². The zero-order valence-corrected chi connectivity index (χ0v) is 21.9. The van der Waals surface area contributed by atoms with Gasteiger partial charge in [-0.3, -0.25) is 4.79 Å². The van der Waals surface area contributed by atoms with E-state index in [0.717, 1.165) is 46.8 Å². The second-order valence-electron chi connectivity index (χ2n) is 10.5. The van der Waals surface area contributed by atoms with Crippen LogP contribution in [0.25, 0.3) is 0 Å². The van der Waals surface area contributed by atoms with Gasteiger partial charge in [-0.25, -0.2) is 4.79 Å². The molecule has 1 saturated heterocycles. The quantitative estimate of drug-likeness (QED) is 0.463. The number of benzene rings is 3. The van der Waals surface area contributed by atoms with Gasteiger partial charge in [-0.05, 0) is 78.4 Å². The lowest BCUT2D eigenvalue weighted by molar-refractivity contribution is 0.0746. The Balaban J connectivity index is 1.30. The van der Waals surface area contributed by atoms with Gasteiger partial charge in [0.1, 0.15) is 0 Å². The minimum absolute atomic E-state index is 0.0716. The molecule has 1 heterocycles. The highest BCUT2D eigenvalue weighted by atomic mass is 16.2. The first kappa shape index (κ1) is 25.3. The van der Waals surface area contributed by atoms with Crippen LogP contribution in [0.2, 0.25) is 0 Å². The molecule has 0 aliphatic carbocycles. The first-order chi connectivity index (χ1) is 17.1. The molecule has 3 amide bonds. The summed E-state index contributed by atoms with van der Waals surface area (Å²) in [5.74, 6) is 0.0875. The summed E-state index contributed by atoms with van der Waals surface area (Å²) in [6, 6.07) is 21.4. The molecule has 1 aliphatic heterocycles. The van der Waals surface area contributed by atoms with Crippen LogP contribution in [0.15, 0.2) is 66.7 Å². The summed E-state index contributed by atoms with van der Waals surface area (Å²) >= 11 is 0. The van der Waals surface area contributed by atoms with Gasteiger partial charge in [0.15, 0.2) is 0 Å². The maximum Gasteiger partial charge on any atom is 0.323 e. The summed E-state index contributed by atoms with van der Waals surface area (Å²) < 4.78 is 0. The molecular weight excluding hydrogens is 448 g/mol. The van der Waals surface area contributed by atoms with Gasteiger partial charge in [0.05, 0.1) is 0 Å². The number of piperazine rings is 1. The topological polar surface area (TPSA) is 64.7 Å². The highest BCUT2D eigenvalue weighted by Crippen LogP contribution is 2.24.